The van der Waals surface area contributed by atoms with Gasteiger partial charge >= 0.3 is 0 Å². The summed E-state index contributed by atoms with van der Waals surface area (Å²) in [6.45, 7) is 4.31. The van der Waals surface area contributed by atoms with E-state index in [9.17, 15) is 4.79 Å². The summed E-state index contributed by atoms with van der Waals surface area (Å²) in [7, 11) is 0. The van der Waals surface area contributed by atoms with Gasteiger partial charge in [0, 0.05) is 28.1 Å². The van der Waals surface area contributed by atoms with Crippen LogP contribution in [-0.2, 0) is 4.79 Å². The van der Waals surface area contributed by atoms with E-state index in [-0.39, 0.29) is 11.9 Å². The highest BCUT2D eigenvalue weighted by atomic mass is 35.5. The van der Waals surface area contributed by atoms with Crippen LogP contribution >= 0.6 is 23.4 Å². The van der Waals surface area contributed by atoms with Crippen LogP contribution in [-0.4, -0.2) is 17.7 Å². The monoisotopic (exact) mass is 327 g/mol. The lowest BCUT2D eigenvalue weighted by Crippen LogP contribution is -2.32. The van der Waals surface area contributed by atoms with Gasteiger partial charge in [-0.3, -0.25) is 4.79 Å². The van der Waals surface area contributed by atoms with Gasteiger partial charge < -0.3 is 5.32 Å². The van der Waals surface area contributed by atoms with Crippen LogP contribution in [0.1, 0.15) is 52.4 Å². The minimum absolute atomic E-state index is 0.152. The maximum Gasteiger partial charge on any atom is 0.221 e. The Labute approximate surface area is 138 Å². The van der Waals surface area contributed by atoms with E-state index < -0.39 is 0 Å². The van der Waals surface area contributed by atoms with E-state index in [1.54, 1.807) is 11.8 Å². The molecule has 1 rings (SSSR count). The van der Waals surface area contributed by atoms with Crippen molar-refractivity contribution in [1.82, 2.24) is 5.32 Å². The second-order valence-electron chi connectivity index (χ2n) is 5.37. The molecule has 0 saturated heterocycles. The summed E-state index contributed by atoms with van der Waals surface area (Å²) >= 11 is 7.53. The van der Waals surface area contributed by atoms with Gasteiger partial charge in [0.05, 0.1) is 0 Å². The van der Waals surface area contributed by atoms with Gasteiger partial charge in [-0.2, -0.15) is 0 Å². The summed E-state index contributed by atoms with van der Waals surface area (Å²) in [6, 6.07) is 8.02. The molecule has 0 spiro atoms. The molecule has 0 aliphatic heterocycles. The molecule has 0 aromatic heterocycles. The van der Waals surface area contributed by atoms with E-state index in [0.717, 1.165) is 22.1 Å². The summed E-state index contributed by atoms with van der Waals surface area (Å²) < 4.78 is 0. The van der Waals surface area contributed by atoms with Gasteiger partial charge in [0.15, 0.2) is 0 Å². The summed E-state index contributed by atoms with van der Waals surface area (Å²) in [4.78, 5) is 13.0. The molecule has 0 saturated carbocycles. The predicted molar refractivity (Wildman–Crippen MR) is 93.2 cm³/mol. The average molecular weight is 328 g/mol. The van der Waals surface area contributed by atoms with Crippen molar-refractivity contribution in [3.63, 3.8) is 0 Å². The van der Waals surface area contributed by atoms with Gasteiger partial charge in [-0.05, 0) is 37.6 Å². The first-order valence-corrected chi connectivity index (χ1v) is 9.16. The third-order valence-electron chi connectivity index (χ3n) is 3.31. The molecule has 0 bridgehead atoms. The lowest BCUT2D eigenvalue weighted by molar-refractivity contribution is -0.121. The van der Waals surface area contributed by atoms with Crippen LogP contribution in [0.15, 0.2) is 29.2 Å². The molecule has 1 amide bonds. The minimum Gasteiger partial charge on any atom is -0.354 e. The molecule has 0 fully saturated rings. The number of rotatable bonds is 10. The Bertz CT molecular complexity index is 408. The summed E-state index contributed by atoms with van der Waals surface area (Å²) in [5.41, 5.74) is 0. The molecular weight excluding hydrogens is 302 g/mol. The molecule has 1 aromatic rings. The second-order valence-corrected chi connectivity index (χ2v) is 6.98. The van der Waals surface area contributed by atoms with Crippen LogP contribution in [0.4, 0.5) is 0 Å². The Kier molecular flexibility index (Phi) is 9.60. The van der Waals surface area contributed by atoms with Crippen LogP contribution in [0.25, 0.3) is 0 Å². The van der Waals surface area contributed by atoms with Crippen LogP contribution < -0.4 is 5.32 Å². The van der Waals surface area contributed by atoms with Crippen LogP contribution in [0.3, 0.4) is 0 Å². The Morgan fingerprint density at radius 3 is 2.62 bits per heavy atom. The number of carbonyl (C=O) groups is 1. The number of thioether (sulfide) groups is 1. The molecular formula is C17H26ClNOS. The lowest BCUT2D eigenvalue weighted by Gasteiger charge is -2.13. The fraction of sp³-hybridized carbons (Fsp3) is 0.588. The topological polar surface area (TPSA) is 29.1 Å². The standard InChI is InChI=1S/C17H26ClNOS/c1-3-4-5-6-7-14(2)19-17(20)12-13-21-16-10-8-15(18)9-11-16/h8-11,14H,3-7,12-13H2,1-2H3,(H,19,20). The molecule has 1 unspecified atom stereocenters. The molecule has 118 valence electrons. The van der Waals surface area contributed by atoms with E-state index in [1.807, 2.05) is 24.3 Å². The van der Waals surface area contributed by atoms with Crippen LogP contribution in [0.2, 0.25) is 5.02 Å². The zero-order chi connectivity index (χ0) is 15.5. The largest absolute Gasteiger partial charge is 0.354 e. The SMILES string of the molecule is CCCCCCC(C)NC(=O)CCSc1ccc(Cl)cc1. The Morgan fingerprint density at radius 1 is 1.24 bits per heavy atom. The average Bonchev–Trinajstić information content (AvgIpc) is 2.46. The van der Waals surface area contributed by atoms with Crippen molar-refractivity contribution in [1.29, 1.82) is 0 Å². The van der Waals surface area contributed by atoms with Crippen molar-refractivity contribution >= 4 is 29.3 Å². The van der Waals surface area contributed by atoms with Gasteiger partial charge in [0.2, 0.25) is 5.91 Å². The van der Waals surface area contributed by atoms with Gasteiger partial charge in [-0.1, -0.05) is 44.2 Å². The maximum absolute atomic E-state index is 11.8. The van der Waals surface area contributed by atoms with Gasteiger partial charge in [-0.25, -0.2) is 0 Å². The van der Waals surface area contributed by atoms with Gasteiger partial charge in [0.25, 0.3) is 0 Å². The number of halogens is 1. The molecule has 2 nitrogen and oxygen atoms in total. The molecule has 1 N–H and O–H groups in total. The quantitative estimate of drug-likeness (QED) is 0.467. The Balaban J connectivity index is 2.11. The molecule has 0 aliphatic carbocycles. The fourth-order valence-corrected chi connectivity index (χ4v) is 3.07. The fourth-order valence-electron chi connectivity index (χ4n) is 2.09. The van der Waals surface area contributed by atoms with Crippen molar-refractivity contribution in [2.75, 3.05) is 5.75 Å². The van der Waals surface area contributed by atoms with E-state index in [1.165, 1.54) is 25.7 Å². The van der Waals surface area contributed by atoms with E-state index in [4.69, 9.17) is 11.6 Å². The van der Waals surface area contributed by atoms with Gasteiger partial charge in [0.1, 0.15) is 0 Å². The molecule has 21 heavy (non-hydrogen) atoms. The van der Waals surface area contributed by atoms with Crippen molar-refractivity contribution < 1.29 is 4.79 Å². The highest BCUT2D eigenvalue weighted by Crippen LogP contribution is 2.20. The first-order valence-electron chi connectivity index (χ1n) is 7.79. The molecule has 1 atom stereocenters. The number of nitrogens with one attached hydrogen (secondary N) is 1. The number of hydrogen-bond donors (Lipinski definition) is 1. The third-order valence-corrected chi connectivity index (χ3v) is 4.58. The number of unbranched alkanes of at least 4 members (excludes halogenated alkanes) is 3. The highest BCUT2D eigenvalue weighted by Gasteiger charge is 2.07. The predicted octanol–water partition coefficient (Wildman–Crippen LogP) is 5.30. The number of benzene rings is 1. The van der Waals surface area contributed by atoms with E-state index in [2.05, 4.69) is 19.2 Å². The summed E-state index contributed by atoms with van der Waals surface area (Å²) in [6.07, 6.45) is 6.65. The smallest absolute Gasteiger partial charge is 0.221 e. The number of amides is 1. The molecule has 0 aliphatic rings. The Hall–Kier alpha value is -0.670. The van der Waals surface area contributed by atoms with E-state index >= 15 is 0 Å². The third kappa shape index (κ3) is 9.05. The zero-order valence-corrected chi connectivity index (χ0v) is 14.6. The van der Waals surface area contributed by atoms with Crippen LogP contribution in [0.5, 0.6) is 0 Å². The number of hydrogen-bond acceptors (Lipinski definition) is 2. The second kappa shape index (κ2) is 11.0. The zero-order valence-electron chi connectivity index (χ0n) is 13.0. The molecule has 1 aromatic carbocycles. The molecule has 4 heteroatoms. The van der Waals surface area contributed by atoms with Crippen molar-refractivity contribution in [2.45, 2.75) is 63.3 Å². The minimum atomic E-state index is 0.152. The summed E-state index contributed by atoms with van der Waals surface area (Å²) in [5, 5.41) is 3.82. The molecule has 0 heterocycles. The summed E-state index contributed by atoms with van der Waals surface area (Å²) in [5.74, 6) is 0.954. The first-order chi connectivity index (χ1) is 10.1. The Morgan fingerprint density at radius 2 is 1.95 bits per heavy atom. The van der Waals surface area contributed by atoms with Crippen molar-refractivity contribution in [3.8, 4) is 0 Å². The normalized spacial score (nSPS) is 12.1. The lowest BCUT2D eigenvalue weighted by atomic mass is 10.1. The van der Waals surface area contributed by atoms with Crippen molar-refractivity contribution in [2.24, 2.45) is 0 Å². The molecule has 0 radical (unpaired) electrons. The van der Waals surface area contributed by atoms with E-state index in [0.29, 0.717) is 6.42 Å². The van der Waals surface area contributed by atoms with Crippen LogP contribution in [0, 0.1) is 0 Å². The number of carbonyl (C=O) groups excluding carboxylic acids is 1. The maximum atomic E-state index is 11.8. The van der Waals surface area contributed by atoms with Gasteiger partial charge in [-0.15, -0.1) is 11.8 Å². The highest BCUT2D eigenvalue weighted by molar-refractivity contribution is 7.99. The first kappa shape index (κ1) is 18.4. The van der Waals surface area contributed by atoms with Crippen molar-refractivity contribution in [3.05, 3.63) is 29.3 Å².